The molecule has 0 saturated carbocycles. The third-order valence-electron chi connectivity index (χ3n) is 6.25. The van der Waals surface area contributed by atoms with Gasteiger partial charge in [0, 0.05) is 12.4 Å². The number of halogens is 1. The maximum Gasteiger partial charge on any atom is 0.318 e. The second kappa shape index (κ2) is 6.84. The van der Waals surface area contributed by atoms with Crippen molar-refractivity contribution in [2.75, 3.05) is 14.2 Å². The van der Waals surface area contributed by atoms with Crippen molar-refractivity contribution in [3.8, 4) is 0 Å². The number of allylic oxidation sites excluding steroid dienone is 1. The molecule has 1 aliphatic carbocycles. The number of esters is 1. The molecule has 5 nitrogen and oxygen atoms in total. The molecule has 2 aromatic rings. The smallest absolute Gasteiger partial charge is 0.318 e. The first kappa shape index (κ1) is 19.9. The summed E-state index contributed by atoms with van der Waals surface area (Å²) < 4.78 is 4.91. The van der Waals surface area contributed by atoms with Gasteiger partial charge in [0.2, 0.25) is 5.91 Å². The van der Waals surface area contributed by atoms with E-state index in [-0.39, 0.29) is 17.2 Å². The molecule has 2 atom stereocenters. The van der Waals surface area contributed by atoms with Crippen LogP contribution in [0.3, 0.4) is 0 Å². The first-order valence-corrected chi connectivity index (χ1v) is 10.2. The van der Waals surface area contributed by atoms with E-state index in [2.05, 4.69) is 26.8 Å². The predicted octanol–water partition coefficient (Wildman–Crippen LogP) is 4.47. The summed E-state index contributed by atoms with van der Waals surface area (Å²) in [7, 11) is 3.04. The molecule has 0 saturated heterocycles. The van der Waals surface area contributed by atoms with E-state index in [0.717, 1.165) is 39.7 Å². The van der Waals surface area contributed by atoms with Gasteiger partial charge in [0.05, 0.1) is 18.5 Å². The number of amides is 1. The van der Waals surface area contributed by atoms with Crippen molar-refractivity contribution < 1.29 is 14.3 Å². The SMILES string of the molecule is COC(=O)C1CC2=C(c3nc(Cl)c4ccccc4c3CC2C(C)(C)C)N(C)C1=O. The molecule has 1 aliphatic heterocycles. The van der Waals surface area contributed by atoms with Gasteiger partial charge in [-0.25, -0.2) is 4.98 Å². The summed E-state index contributed by atoms with van der Waals surface area (Å²) in [6.07, 6.45) is 1.15. The Kier molecular flexibility index (Phi) is 4.69. The Hall–Kier alpha value is -2.40. The lowest BCUT2D eigenvalue weighted by Gasteiger charge is -2.44. The lowest BCUT2D eigenvalue weighted by Crippen LogP contribution is -2.45. The number of hydrogen-bond acceptors (Lipinski definition) is 4. The minimum absolute atomic E-state index is 0.0547. The van der Waals surface area contributed by atoms with Gasteiger partial charge in [-0.3, -0.25) is 9.59 Å². The Labute approximate surface area is 175 Å². The number of hydrogen-bond donors (Lipinski definition) is 0. The van der Waals surface area contributed by atoms with Crippen molar-refractivity contribution in [1.82, 2.24) is 9.88 Å². The average molecular weight is 413 g/mol. The summed E-state index contributed by atoms with van der Waals surface area (Å²) in [5.41, 5.74) is 3.69. The van der Waals surface area contributed by atoms with E-state index in [9.17, 15) is 9.59 Å². The van der Waals surface area contributed by atoms with E-state index < -0.39 is 11.9 Å². The molecule has 0 radical (unpaired) electrons. The van der Waals surface area contributed by atoms with Gasteiger partial charge in [0.15, 0.2) is 0 Å². The zero-order chi connectivity index (χ0) is 21.1. The third-order valence-corrected chi connectivity index (χ3v) is 6.53. The highest BCUT2D eigenvalue weighted by Gasteiger charge is 2.46. The number of carbonyl (C=O) groups excluding carboxylic acids is 2. The van der Waals surface area contributed by atoms with Crippen molar-refractivity contribution in [2.24, 2.45) is 17.3 Å². The van der Waals surface area contributed by atoms with Gasteiger partial charge in [-0.1, -0.05) is 56.6 Å². The quantitative estimate of drug-likeness (QED) is 0.394. The van der Waals surface area contributed by atoms with Gasteiger partial charge in [0.1, 0.15) is 11.1 Å². The van der Waals surface area contributed by atoms with E-state index in [4.69, 9.17) is 21.3 Å². The van der Waals surface area contributed by atoms with Crippen LogP contribution in [0.1, 0.15) is 38.4 Å². The highest BCUT2D eigenvalue weighted by molar-refractivity contribution is 6.34. The highest BCUT2D eigenvalue weighted by atomic mass is 35.5. The van der Waals surface area contributed by atoms with E-state index in [1.54, 1.807) is 11.9 Å². The molecule has 2 unspecified atom stereocenters. The molecule has 29 heavy (non-hydrogen) atoms. The van der Waals surface area contributed by atoms with Gasteiger partial charge < -0.3 is 9.64 Å². The fourth-order valence-electron chi connectivity index (χ4n) is 4.75. The van der Waals surface area contributed by atoms with Crippen LogP contribution in [0.5, 0.6) is 0 Å². The maximum atomic E-state index is 13.0. The number of nitrogens with zero attached hydrogens (tertiary/aromatic N) is 2. The molecule has 4 rings (SSSR count). The number of aromatic nitrogens is 1. The van der Waals surface area contributed by atoms with Gasteiger partial charge in [-0.05, 0) is 40.7 Å². The number of benzene rings is 1. The lowest BCUT2D eigenvalue weighted by atomic mass is 9.66. The maximum absolute atomic E-state index is 13.0. The number of ether oxygens (including phenoxy) is 1. The summed E-state index contributed by atoms with van der Waals surface area (Å²) in [4.78, 5) is 31.6. The molecule has 0 bridgehead atoms. The van der Waals surface area contributed by atoms with Crippen molar-refractivity contribution in [2.45, 2.75) is 33.6 Å². The van der Waals surface area contributed by atoms with Gasteiger partial charge in [-0.15, -0.1) is 0 Å². The molecule has 2 aliphatic rings. The van der Waals surface area contributed by atoms with Crippen molar-refractivity contribution >= 4 is 39.9 Å². The molecule has 1 aromatic heterocycles. The minimum atomic E-state index is -0.814. The first-order chi connectivity index (χ1) is 13.6. The van der Waals surface area contributed by atoms with Crippen LogP contribution in [0.2, 0.25) is 5.15 Å². The number of rotatable bonds is 1. The number of carbonyl (C=O) groups is 2. The second-order valence-electron chi connectivity index (χ2n) is 8.95. The van der Waals surface area contributed by atoms with Gasteiger partial charge >= 0.3 is 5.97 Å². The number of methoxy groups -OCH3 is 1. The fraction of sp³-hybridized carbons (Fsp3) is 0.435. The summed E-state index contributed by atoms with van der Waals surface area (Å²) in [6.45, 7) is 6.59. The summed E-state index contributed by atoms with van der Waals surface area (Å²) >= 11 is 6.53. The molecule has 1 aromatic carbocycles. The van der Waals surface area contributed by atoms with E-state index in [1.165, 1.54) is 7.11 Å². The summed E-state index contributed by atoms with van der Waals surface area (Å²) in [5, 5.41) is 2.41. The fourth-order valence-corrected chi connectivity index (χ4v) is 5.00. The van der Waals surface area contributed by atoms with Crippen molar-refractivity contribution in [3.63, 3.8) is 0 Å². The molecule has 6 heteroatoms. The largest absolute Gasteiger partial charge is 0.468 e. The van der Waals surface area contributed by atoms with Crippen molar-refractivity contribution in [1.29, 1.82) is 0 Å². The Morgan fingerprint density at radius 1 is 1.21 bits per heavy atom. The van der Waals surface area contributed by atoms with Crippen LogP contribution < -0.4 is 0 Å². The molecule has 0 spiro atoms. The van der Waals surface area contributed by atoms with E-state index >= 15 is 0 Å². The summed E-state index contributed by atoms with van der Waals surface area (Å²) in [6, 6.07) is 7.99. The summed E-state index contributed by atoms with van der Waals surface area (Å²) in [5.74, 6) is -1.40. The zero-order valence-corrected chi connectivity index (χ0v) is 18.1. The van der Waals surface area contributed by atoms with Gasteiger partial charge in [-0.2, -0.15) is 0 Å². The number of pyridine rings is 1. The van der Waals surface area contributed by atoms with E-state index in [1.807, 2.05) is 18.2 Å². The van der Waals surface area contributed by atoms with Crippen LogP contribution in [0, 0.1) is 17.3 Å². The van der Waals surface area contributed by atoms with Crippen LogP contribution in [-0.2, 0) is 20.7 Å². The first-order valence-electron chi connectivity index (χ1n) is 9.81. The molecule has 0 N–H and O–H groups in total. The highest BCUT2D eigenvalue weighted by Crippen LogP contribution is 2.50. The standard InChI is InChI=1S/C23H25ClN2O3/c1-23(2,3)17-11-14-12-8-6-7-9-13(12)20(24)25-18(14)19-15(17)10-16(22(28)29-5)21(27)26(19)4/h6-9,16-17H,10-11H2,1-5H3. The van der Waals surface area contributed by atoms with Crippen LogP contribution in [0.15, 0.2) is 29.8 Å². The Morgan fingerprint density at radius 2 is 1.86 bits per heavy atom. The zero-order valence-electron chi connectivity index (χ0n) is 17.4. The molecular formula is C23H25ClN2O3. The van der Waals surface area contributed by atoms with Crippen LogP contribution >= 0.6 is 11.6 Å². The molecule has 152 valence electrons. The Balaban J connectivity index is 2.02. The predicted molar refractivity (Wildman–Crippen MR) is 113 cm³/mol. The van der Waals surface area contributed by atoms with Gasteiger partial charge in [0.25, 0.3) is 0 Å². The molecule has 0 fully saturated rings. The van der Waals surface area contributed by atoms with Crippen LogP contribution in [-0.4, -0.2) is 35.9 Å². The lowest BCUT2D eigenvalue weighted by molar-refractivity contribution is -0.152. The molecule has 2 heterocycles. The van der Waals surface area contributed by atoms with E-state index in [0.29, 0.717) is 11.6 Å². The Morgan fingerprint density at radius 3 is 2.48 bits per heavy atom. The average Bonchev–Trinajstić information content (AvgIpc) is 2.68. The Bertz CT molecular complexity index is 1070. The normalized spacial score (nSPS) is 21.9. The topological polar surface area (TPSA) is 59.5 Å². The number of fused-ring (bicyclic) bond motifs is 4. The molecule has 1 amide bonds. The third kappa shape index (κ3) is 3.03. The van der Waals surface area contributed by atoms with Crippen molar-refractivity contribution in [3.05, 3.63) is 46.2 Å². The van der Waals surface area contributed by atoms with Crippen LogP contribution in [0.4, 0.5) is 0 Å². The van der Waals surface area contributed by atoms with Crippen LogP contribution in [0.25, 0.3) is 16.5 Å². The minimum Gasteiger partial charge on any atom is -0.468 e. The molecular weight excluding hydrogens is 388 g/mol. The second-order valence-corrected chi connectivity index (χ2v) is 9.31. The monoisotopic (exact) mass is 412 g/mol.